The third kappa shape index (κ3) is 62.6. The molecule has 0 heterocycles. The van der Waals surface area contributed by atoms with Crippen molar-refractivity contribution >= 4 is 17.9 Å². The van der Waals surface area contributed by atoms with Gasteiger partial charge in [-0.2, -0.15) is 0 Å². The minimum Gasteiger partial charge on any atom is -0.462 e. The van der Waals surface area contributed by atoms with Crippen molar-refractivity contribution in [1.82, 2.24) is 0 Å². The molecule has 0 spiro atoms. The second-order valence-electron chi connectivity index (χ2n) is 23.1. The summed E-state index contributed by atoms with van der Waals surface area (Å²) in [5, 5.41) is 0. The van der Waals surface area contributed by atoms with Crippen LogP contribution in [0.25, 0.3) is 0 Å². The van der Waals surface area contributed by atoms with Crippen LogP contribution in [0.2, 0.25) is 0 Å². The van der Waals surface area contributed by atoms with E-state index in [2.05, 4.69) is 45.1 Å². The van der Waals surface area contributed by atoms with Gasteiger partial charge in [0.15, 0.2) is 6.10 Å². The van der Waals surface area contributed by atoms with Gasteiger partial charge in [0.25, 0.3) is 0 Å². The van der Waals surface area contributed by atoms with Gasteiger partial charge >= 0.3 is 17.9 Å². The van der Waals surface area contributed by atoms with Gasteiger partial charge < -0.3 is 14.2 Å². The molecule has 0 N–H and O–H groups in total. The van der Waals surface area contributed by atoms with Gasteiger partial charge in [0.05, 0.1) is 0 Å². The topological polar surface area (TPSA) is 78.9 Å². The molecule has 442 valence electrons. The summed E-state index contributed by atoms with van der Waals surface area (Å²) in [7, 11) is 0. The van der Waals surface area contributed by atoms with Crippen LogP contribution in [-0.4, -0.2) is 37.2 Å². The van der Waals surface area contributed by atoms with Crippen LogP contribution in [0.5, 0.6) is 0 Å². The second kappa shape index (κ2) is 64.4. The van der Waals surface area contributed by atoms with Crippen LogP contribution in [0.3, 0.4) is 0 Å². The summed E-state index contributed by atoms with van der Waals surface area (Å²) in [5.41, 5.74) is 0. The SMILES string of the molecule is CCCCC/C=C\C/C=C\CCCCCCCCCC(=O)OCC(COC(=O)CCCCCCCCCCCCCCCCCCCCCCCC)OC(=O)CCCCCCCCCCCCCCCCCCCC. The molecule has 1 atom stereocenters. The summed E-state index contributed by atoms with van der Waals surface area (Å²) in [6, 6.07) is 0. The van der Waals surface area contributed by atoms with Crippen LogP contribution in [0, 0.1) is 0 Å². The van der Waals surface area contributed by atoms with Gasteiger partial charge in [-0.15, -0.1) is 0 Å². The normalized spacial score (nSPS) is 12.1. The van der Waals surface area contributed by atoms with E-state index >= 15 is 0 Å². The lowest BCUT2D eigenvalue weighted by atomic mass is 10.0. The molecule has 0 saturated carbocycles. The van der Waals surface area contributed by atoms with Gasteiger partial charge in [-0.1, -0.05) is 334 Å². The summed E-state index contributed by atoms with van der Waals surface area (Å²) < 4.78 is 17.0. The number of carbonyl (C=O) groups is 3. The van der Waals surface area contributed by atoms with Crippen LogP contribution < -0.4 is 0 Å². The number of unbranched alkanes of at least 4 members (excludes halogenated alkanes) is 48. The van der Waals surface area contributed by atoms with E-state index in [9.17, 15) is 14.4 Å². The first-order valence-electron chi connectivity index (χ1n) is 33.8. The highest BCUT2D eigenvalue weighted by Gasteiger charge is 2.19. The zero-order valence-electron chi connectivity index (χ0n) is 50.8. The molecule has 1 unspecified atom stereocenters. The van der Waals surface area contributed by atoms with Crippen LogP contribution in [-0.2, 0) is 28.6 Å². The molecule has 0 rings (SSSR count). The Hall–Kier alpha value is -2.11. The smallest absolute Gasteiger partial charge is 0.306 e. The lowest BCUT2D eigenvalue weighted by Gasteiger charge is -2.18. The van der Waals surface area contributed by atoms with Crippen molar-refractivity contribution in [2.75, 3.05) is 13.2 Å². The molecule has 0 aliphatic carbocycles. The lowest BCUT2D eigenvalue weighted by Crippen LogP contribution is -2.30. The van der Waals surface area contributed by atoms with Crippen LogP contribution in [0.15, 0.2) is 24.3 Å². The van der Waals surface area contributed by atoms with Crippen molar-refractivity contribution in [3.8, 4) is 0 Å². The van der Waals surface area contributed by atoms with Crippen molar-refractivity contribution in [3.05, 3.63) is 24.3 Å². The zero-order chi connectivity index (χ0) is 54.3. The highest BCUT2D eigenvalue weighted by atomic mass is 16.6. The maximum Gasteiger partial charge on any atom is 0.306 e. The minimum atomic E-state index is -0.771. The largest absolute Gasteiger partial charge is 0.462 e. The second-order valence-corrected chi connectivity index (χ2v) is 23.1. The van der Waals surface area contributed by atoms with Gasteiger partial charge in [-0.05, 0) is 51.4 Å². The number of hydrogen-bond donors (Lipinski definition) is 0. The van der Waals surface area contributed by atoms with E-state index in [4.69, 9.17) is 14.2 Å². The van der Waals surface area contributed by atoms with E-state index < -0.39 is 6.10 Å². The van der Waals surface area contributed by atoms with Gasteiger partial charge in [0.2, 0.25) is 0 Å². The third-order valence-corrected chi connectivity index (χ3v) is 15.5. The average molecular weight is 1060 g/mol. The Labute approximate surface area is 468 Å². The summed E-state index contributed by atoms with van der Waals surface area (Å²) in [4.78, 5) is 38.4. The van der Waals surface area contributed by atoms with Crippen molar-refractivity contribution in [2.45, 2.75) is 386 Å². The molecule has 0 radical (unpaired) electrons. The van der Waals surface area contributed by atoms with Crippen molar-refractivity contribution < 1.29 is 28.6 Å². The highest BCUT2D eigenvalue weighted by Crippen LogP contribution is 2.18. The molecule has 0 fully saturated rings. The van der Waals surface area contributed by atoms with Crippen molar-refractivity contribution in [3.63, 3.8) is 0 Å². The van der Waals surface area contributed by atoms with E-state index in [-0.39, 0.29) is 31.1 Å². The van der Waals surface area contributed by atoms with Gasteiger partial charge in [-0.25, -0.2) is 0 Å². The molecule has 6 nitrogen and oxygen atoms in total. The first-order chi connectivity index (χ1) is 37.0. The Morgan fingerprint density at radius 3 is 0.760 bits per heavy atom. The van der Waals surface area contributed by atoms with E-state index in [1.165, 1.54) is 270 Å². The Morgan fingerprint density at radius 1 is 0.267 bits per heavy atom. The molecule has 0 aliphatic heterocycles. The molecule has 0 bridgehead atoms. The molecule has 75 heavy (non-hydrogen) atoms. The van der Waals surface area contributed by atoms with E-state index in [0.717, 1.165) is 70.6 Å². The first kappa shape index (κ1) is 72.9. The summed E-state index contributed by atoms with van der Waals surface area (Å²) in [6.45, 7) is 6.69. The maximum absolute atomic E-state index is 12.9. The lowest BCUT2D eigenvalue weighted by molar-refractivity contribution is -0.167. The molecular formula is C69H130O6. The standard InChI is InChI=1S/C69H130O6/c1-4-7-10-13-16-19-22-25-28-31-33-34-35-36-39-41-44-47-50-53-56-59-62-68(71)74-65-66(64-73-67(70)61-58-55-52-49-46-43-40-37-30-27-24-21-18-15-12-9-6-3)75-69(72)63-60-57-54-51-48-45-42-38-32-29-26-23-20-17-14-11-8-5-2/h18,21,27,30,66H,4-17,19-20,22-26,28-29,31-65H2,1-3H3/b21-18-,30-27-. The van der Waals surface area contributed by atoms with E-state index in [0.29, 0.717) is 19.3 Å². The molecule has 0 aliphatic rings. The fraction of sp³-hybridized carbons (Fsp3) is 0.899. The summed E-state index contributed by atoms with van der Waals surface area (Å²) in [5.74, 6) is -0.843. The summed E-state index contributed by atoms with van der Waals surface area (Å²) in [6.07, 6.45) is 77.6. The Balaban J connectivity index is 4.29. The molecule has 0 aromatic heterocycles. The van der Waals surface area contributed by atoms with E-state index in [1.54, 1.807) is 0 Å². The Kier molecular flexibility index (Phi) is 62.6. The Bertz CT molecular complexity index is 1210. The molecule has 0 saturated heterocycles. The van der Waals surface area contributed by atoms with Crippen LogP contribution >= 0.6 is 0 Å². The Morgan fingerprint density at radius 2 is 0.480 bits per heavy atom. The fourth-order valence-electron chi connectivity index (χ4n) is 10.4. The quantitative estimate of drug-likeness (QED) is 0.0261. The molecular weight excluding hydrogens is 925 g/mol. The van der Waals surface area contributed by atoms with Crippen LogP contribution in [0.1, 0.15) is 380 Å². The van der Waals surface area contributed by atoms with Gasteiger partial charge in [0.1, 0.15) is 13.2 Å². The molecule has 0 aromatic carbocycles. The van der Waals surface area contributed by atoms with E-state index in [1.807, 2.05) is 0 Å². The van der Waals surface area contributed by atoms with Gasteiger partial charge in [-0.3, -0.25) is 14.4 Å². The zero-order valence-corrected chi connectivity index (χ0v) is 50.8. The average Bonchev–Trinajstić information content (AvgIpc) is 3.41. The number of carbonyl (C=O) groups excluding carboxylic acids is 3. The van der Waals surface area contributed by atoms with Crippen molar-refractivity contribution in [1.29, 1.82) is 0 Å². The monoisotopic (exact) mass is 1050 g/mol. The van der Waals surface area contributed by atoms with Crippen molar-refractivity contribution in [2.24, 2.45) is 0 Å². The summed E-state index contributed by atoms with van der Waals surface area (Å²) >= 11 is 0. The van der Waals surface area contributed by atoms with Crippen LogP contribution in [0.4, 0.5) is 0 Å². The highest BCUT2D eigenvalue weighted by molar-refractivity contribution is 5.71. The first-order valence-corrected chi connectivity index (χ1v) is 33.8. The fourth-order valence-corrected chi connectivity index (χ4v) is 10.4. The predicted octanol–water partition coefficient (Wildman–Crippen LogP) is 23.0. The maximum atomic E-state index is 12.9. The minimum absolute atomic E-state index is 0.0672. The number of ether oxygens (including phenoxy) is 3. The number of allylic oxidation sites excluding steroid dienone is 4. The molecule has 0 aromatic rings. The third-order valence-electron chi connectivity index (χ3n) is 15.5. The van der Waals surface area contributed by atoms with Gasteiger partial charge in [0, 0.05) is 19.3 Å². The predicted molar refractivity (Wildman–Crippen MR) is 326 cm³/mol. The molecule has 6 heteroatoms. The number of hydrogen-bond acceptors (Lipinski definition) is 6. The number of esters is 3. The number of rotatable bonds is 63. The molecule has 0 amide bonds.